The Labute approximate surface area is 258 Å². The molecule has 0 spiro atoms. The number of likely N-dealkylation sites (tertiary alicyclic amines) is 1. The molecule has 9 nitrogen and oxygen atoms in total. The maximum absolute atomic E-state index is 12.9. The van der Waals surface area contributed by atoms with Crippen molar-refractivity contribution in [3.8, 4) is 0 Å². The molecule has 3 aliphatic rings. The lowest BCUT2D eigenvalue weighted by Crippen LogP contribution is -2.52. The molecule has 3 N–H and O–H groups in total. The average molecular weight is 608 g/mol. The summed E-state index contributed by atoms with van der Waals surface area (Å²) in [5.74, 6) is -0.958. The first-order chi connectivity index (χ1) is 20.9. The Morgan fingerprint density at radius 1 is 0.930 bits per heavy atom. The van der Waals surface area contributed by atoms with Gasteiger partial charge >= 0.3 is 6.03 Å². The van der Waals surface area contributed by atoms with E-state index in [0.717, 1.165) is 29.5 Å². The van der Waals surface area contributed by atoms with Crippen molar-refractivity contribution in [1.82, 2.24) is 20.4 Å². The van der Waals surface area contributed by atoms with Gasteiger partial charge in [0.05, 0.1) is 0 Å². The second-order valence-corrected chi connectivity index (χ2v) is 12.4. The van der Waals surface area contributed by atoms with E-state index in [-0.39, 0.29) is 30.8 Å². The van der Waals surface area contributed by atoms with Gasteiger partial charge in [0.2, 0.25) is 11.8 Å². The highest BCUT2D eigenvalue weighted by Gasteiger charge is 2.39. The van der Waals surface area contributed by atoms with Crippen LogP contribution in [-0.2, 0) is 29.1 Å². The lowest BCUT2D eigenvalue weighted by molar-refractivity contribution is -0.136. The number of nitrogens with one attached hydrogen (secondary N) is 3. The predicted molar refractivity (Wildman–Crippen MR) is 167 cm³/mol. The number of carbonyl (C=O) groups excluding carboxylic acids is 4. The first-order valence-electron chi connectivity index (χ1n) is 15.7. The molecule has 0 aliphatic carbocycles. The molecule has 230 valence electrons. The van der Waals surface area contributed by atoms with Gasteiger partial charge in [-0.3, -0.25) is 19.7 Å². The molecule has 0 radical (unpaired) electrons. The second kappa shape index (κ2) is 14.8. The zero-order valence-corrected chi connectivity index (χ0v) is 25.5. The Morgan fingerprint density at radius 3 is 2.49 bits per heavy atom. The minimum Gasteiger partial charge on any atom is -0.334 e. The third-order valence-electron chi connectivity index (χ3n) is 8.64. The van der Waals surface area contributed by atoms with E-state index in [4.69, 9.17) is 11.6 Å². The molecule has 1 unspecified atom stereocenters. The van der Waals surface area contributed by atoms with Crippen LogP contribution in [0.15, 0.2) is 36.4 Å². The second-order valence-electron chi connectivity index (χ2n) is 12.0. The zero-order chi connectivity index (χ0) is 30.2. The molecule has 0 aromatic heterocycles. The summed E-state index contributed by atoms with van der Waals surface area (Å²) in [4.78, 5) is 53.5. The third kappa shape index (κ3) is 8.57. The van der Waals surface area contributed by atoms with Crippen molar-refractivity contribution in [2.24, 2.45) is 0 Å². The van der Waals surface area contributed by atoms with Crippen LogP contribution in [0.5, 0.6) is 0 Å². The summed E-state index contributed by atoms with van der Waals surface area (Å²) in [5, 5.41) is 8.67. The molecule has 2 fully saturated rings. The maximum atomic E-state index is 12.9. The molecule has 2 saturated heterocycles. The van der Waals surface area contributed by atoms with E-state index in [1.54, 1.807) is 18.2 Å². The van der Waals surface area contributed by atoms with Crippen molar-refractivity contribution in [2.45, 2.75) is 89.8 Å². The van der Waals surface area contributed by atoms with Crippen LogP contribution >= 0.6 is 11.6 Å². The van der Waals surface area contributed by atoms with Crippen LogP contribution < -0.4 is 16.0 Å². The van der Waals surface area contributed by atoms with E-state index in [9.17, 15) is 19.2 Å². The molecule has 1 atom stereocenters. The molecule has 5 amide bonds. The van der Waals surface area contributed by atoms with Gasteiger partial charge in [-0.05, 0) is 99.1 Å². The number of piperidine rings is 1. The van der Waals surface area contributed by atoms with Gasteiger partial charge in [-0.15, -0.1) is 0 Å². The summed E-state index contributed by atoms with van der Waals surface area (Å²) in [7, 11) is 0. The maximum Gasteiger partial charge on any atom is 0.319 e. The lowest BCUT2D eigenvalue weighted by atomic mass is 10.0. The van der Waals surface area contributed by atoms with E-state index in [1.165, 1.54) is 69.5 Å². The van der Waals surface area contributed by atoms with E-state index >= 15 is 0 Å². The van der Waals surface area contributed by atoms with Gasteiger partial charge in [0, 0.05) is 35.8 Å². The van der Waals surface area contributed by atoms with Gasteiger partial charge < -0.3 is 20.4 Å². The van der Waals surface area contributed by atoms with Crippen LogP contribution in [0.2, 0.25) is 5.02 Å². The Morgan fingerprint density at radius 2 is 1.70 bits per heavy atom. The fraction of sp³-hybridized carbons (Fsp3) is 0.515. The standard InChI is InChI=1S/C33H42ClN5O4/c34-26-18-23(9-5-3-1-2-4-6-14-38-15-7-8-16-38)19-27(20-26)36-33(43)35-21-24-10-11-28-25(17-24)22-39(32(28)42)29-12-13-30(40)37-31(29)41/h10-11,17-20,29H,1-9,12-16,21-22H2,(H2,35,36,43)(H,37,40,41). The lowest BCUT2D eigenvalue weighted by Gasteiger charge is -2.29. The van der Waals surface area contributed by atoms with Crippen molar-refractivity contribution < 1.29 is 19.2 Å². The number of amides is 5. The fourth-order valence-corrected chi connectivity index (χ4v) is 6.60. The highest BCUT2D eigenvalue weighted by atomic mass is 35.5. The highest BCUT2D eigenvalue weighted by Crippen LogP contribution is 2.28. The number of imide groups is 1. The predicted octanol–water partition coefficient (Wildman–Crippen LogP) is 5.40. The van der Waals surface area contributed by atoms with E-state index < -0.39 is 11.9 Å². The van der Waals surface area contributed by atoms with Crippen molar-refractivity contribution in [1.29, 1.82) is 0 Å². The summed E-state index contributed by atoms with van der Waals surface area (Å²) in [6.07, 6.45) is 11.6. The Balaban J connectivity index is 1.03. The highest BCUT2D eigenvalue weighted by molar-refractivity contribution is 6.31. The van der Waals surface area contributed by atoms with Crippen LogP contribution in [0.25, 0.3) is 0 Å². The first kappa shape index (κ1) is 31.0. The molecule has 2 aromatic carbocycles. The number of urea groups is 1. The third-order valence-corrected chi connectivity index (χ3v) is 8.86. The van der Waals surface area contributed by atoms with Crippen LogP contribution in [0.3, 0.4) is 0 Å². The summed E-state index contributed by atoms with van der Waals surface area (Å²) in [6, 6.07) is 10.1. The molecule has 0 bridgehead atoms. The number of fused-ring (bicyclic) bond motifs is 1. The van der Waals surface area contributed by atoms with E-state index in [1.807, 2.05) is 18.2 Å². The Kier molecular flexibility index (Phi) is 10.7. The molecule has 0 saturated carbocycles. The smallest absolute Gasteiger partial charge is 0.319 e. The number of carbonyl (C=O) groups is 4. The molecule has 5 rings (SSSR count). The van der Waals surface area contributed by atoms with Crippen LogP contribution in [0, 0.1) is 0 Å². The number of aryl methyl sites for hydroxylation is 1. The number of benzene rings is 2. The Bertz CT molecular complexity index is 1340. The monoisotopic (exact) mass is 607 g/mol. The molecule has 10 heteroatoms. The molecule has 3 heterocycles. The minimum atomic E-state index is -0.651. The van der Waals surface area contributed by atoms with E-state index in [2.05, 4.69) is 20.9 Å². The summed E-state index contributed by atoms with van der Waals surface area (Å²) >= 11 is 6.36. The van der Waals surface area contributed by atoms with Crippen LogP contribution in [0.4, 0.5) is 10.5 Å². The largest absolute Gasteiger partial charge is 0.334 e. The fourth-order valence-electron chi connectivity index (χ4n) is 6.34. The van der Waals surface area contributed by atoms with Gasteiger partial charge in [-0.25, -0.2) is 4.79 Å². The van der Waals surface area contributed by atoms with Crippen molar-refractivity contribution >= 4 is 41.0 Å². The average Bonchev–Trinajstić information content (AvgIpc) is 3.61. The van der Waals surface area contributed by atoms with E-state index in [0.29, 0.717) is 29.2 Å². The SMILES string of the molecule is O=C1CCC(N2Cc3cc(CNC(=O)Nc4cc(Cl)cc(CCCCCCCCN5CCCC5)c4)ccc3C2=O)C(=O)N1. The van der Waals surface area contributed by atoms with Crippen molar-refractivity contribution in [3.63, 3.8) is 0 Å². The van der Waals surface area contributed by atoms with Crippen molar-refractivity contribution in [2.75, 3.05) is 25.0 Å². The quantitative estimate of drug-likeness (QED) is 0.209. The van der Waals surface area contributed by atoms with Gasteiger partial charge in [0.1, 0.15) is 6.04 Å². The van der Waals surface area contributed by atoms with Gasteiger partial charge in [-0.1, -0.05) is 49.4 Å². The number of unbranched alkanes of at least 4 members (excludes halogenated alkanes) is 5. The molecule has 3 aliphatic heterocycles. The van der Waals surface area contributed by atoms with Gasteiger partial charge in [0.25, 0.3) is 5.91 Å². The van der Waals surface area contributed by atoms with Gasteiger partial charge in [-0.2, -0.15) is 0 Å². The summed E-state index contributed by atoms with van der Waals surface area (Å²) in [5.41, 5.74) is 3.95. The number of rotatable bonds is 13. The van der Waals surface area contributed by atoms with Crippen LogP contribution in [-0.4, -0.2) is 59.2 Å². The topological polar surface area (TPSA) is 111 Å². The molecule has 43 heavy (non-hydrogen) atoms. The number of hydrogen-bond acceptors (Lipinski definition) is 5. The number of nitrogens with zero attached hydrogens (tertiary/aromatic N) is 2. The first-order valence-corrected chi connectivity index (χ1v) is 16.1. The molecular formula is C33H42ClN5O4. The minimum absolute atomic E-state index is 0.216. The normalized spacial score (nSPS) is 18.6. The number of anilines is 1. The van der Waals surface area contributed by atoms with Crippen molar-refractivity contribution in [3.05, 3.63) is 63.7 Å². The Hall–Kier alpha value is -3.43. The zero-order valence-electron chi connectivity index (χ0n) is 24.8. The summed E-state index contributed by atoms with van der Waals surface area (Å²) < 4.78 is 0. The number of halogens is 1. The van der Waals surface area contributed by atoms with Gasteiger partial charge in [0.15, 0.2) is 0 Å². The molecular weight excluding hydrogens is 566 g/mol. The number of hydrogen-bond donors (Lipinski definition) is 3. The van der Waals surface area contributed by atoms with Crippen LogP contribution in [0.1, 0.15) is 91.3 Å². The summed E-state index contributed by atoms with van der Waals surface area (Å²) in [6.45, 7) is 4.39. The molecule has 2 aromatic rings.